The lowest BCUT2D eigenvalue weighted by Gasteiger charge is -2.31. The first-order chi connectivity index (χ1) is 11.2. The molecule has 3 heterocycles. The third-order valence-corrected chi connectivity index (χ3v) is 4.69. The first kappa shape index (κ1) is 16.2. The molecular weight excluding hydrogens is 314 g/mol. The Morgan fingerprint density at radius 1 is 1.26 bits per heavy atom. The van der Waals surface area contributed by atoms with E-state index in [0.29, 0.717) is 6.01 Å². The van der Waals surface area contributed by atoms with Crippen molar-refractivity contribution in [3.8, 4) is 6.01 Å². The maximum Gasteiger partial charge on any atom is 0.316 e. The molecule has 0 spiro atoms. The summed E-state index contributed by atoms with van der Waals surface area (Å²) in [5.41, 5.74) is 2.25. The van der Waals surface area contributed by atoms with Crippen LogP contribution in [-0.4, -0.2) is 43.8 Å². The van der Waals surface area contributed by atoms with Crippen molar-refractivity contribution in [1.29, 1.82) is 0 Å². The van der Waals surface area contributed by atoms with Crippen LogP contribution >= 0.6 is 11.6 Å². The summed E-state index contributed by atoms with van der Waals surface area (Å²) >= 11 is 6.38. The number of likely N-dealkylation sites (tertiary alicyclic amines) is 1. The van der Waals surface area contributed by atoms with Crippen LogP contribution in [-0.2, 0) is 20.0 Å². The molecule has 0 aromatic carbocycles. The summed E-state index contributed by atoms with van der Waals surface area (Å²) in [6.07, 6.45) is 6.43. The Morgan fingerprint density at radius 3 is 2.61 bits per heavy atom. The highest BCUT2D eigenvalue weighted by Crippen LogP contribution is 2.24. The van der Waals surface area contributed by atoms with E-state index in [-0.39, 0.29) is 6.10 Å². The first-order valence-corrected chi connectivity index (χ1v) is 8.41. The average molecular weight is 336 g/mol. The quantitative estimate of drug-likeness (QED) is 0.840. The van der Waals surface area contributed by atoms with Gasteiger partial charge in [0.2, 0.25) is 0 Å². The topological polar surface area (TPSA) is 56.1 Å². The average Bonchev–Trinajstić information content (AvgIpc) is 2.85. The van der Waals surface area contributed by atoms with Gasteiger partial charge in [0.1, 0.15) is 11.3 Å². The van der Waals surface area contributed by atoms with Crippen molar-refractivity contribution in [2.45, 2.75) is 38.8 Å². The number of piperidine rings is 1. The van der Waals surface area contributed by atoms with Gasteiger partial charge in [-0.25, -0.2) is 9.97 Å². The van der Waals surface area contributed by atoms with Gasteiger partial charge in [0.25, 0.3) is 0 Å². The van der Waals surface area contributed by atoms with Crippen LogP contribution in [0.5, 0.6) is 6.01 Å². The van der Waals surface area contributed by atoms with E-state index in [1.807, 2.05) is 7.05 Å². The van der Waals surface area contributed by atoms with Crippen molar-refractivity contribution >= 4 is 11.6 Å². The highest BCUT2D eigenvalue weighted by Gasteiger charge is 2.23. The summed E-state index contributed by atoms with van der Waals surface area (Å²) in [5.74, 6) is 0. The van der Waals surface area contributed by atoms with Gasteiger partial charge in [-0.05, 0) is 25.3 Å². The van der Waals surface area contributed by atoms with E-state index in [1.165, 1.54) is 0 Å². The van der Waals surface area contributed by atoms with Crippen molar-refractivity contribution in [3.05, 3.63) is 34.9 Å². The minimum absolute atomic E-state index is 0.184. The molecule has 0 aliphatic carbocycles. The van der Waals surface area contributed by atoms with E-state index >= 15 is 0 Å². The number of aryl methyl sites for hydroxylation is 2. The molecule has 3 rings (SSSR count). The smallest absolute Gasteiger partial charge is 0.316 e. The van der Waals surface area contributed by atoms with Crippen LogP contribution in [0, 0.1) is 0 Å². The van der Waals surface area contributed by atoms with Crippen LogP contribution in [0.3, 0.4) is 0 Å². The Hall–Kier alpha value is -1.66. The van der Waals surface area contributed by atoms with Gasteiger partial charge in [-0.15, -0.1) is 0 Å². The lowest BCUT2D eigenvalue weighted by Crippen LogP contribution is -2.38. The molecule has 0 atom stereocenters. The van der Waals surface area contributed by atoms with Crippen LogP contribution in [0.4, 0.5) is 0 Å². The molecule has 2 aromatic rings. The van der Waals surface area contributed by atoms with Crippen LogP contribution in [0.25, 0.3) is 0 Å². The van der Waals surface area contributed by atoms with Crippen LogP contribution < -0.4 is 4.74 Å². The van der Waals surface area contributed by atoms with Gasteiger partial charge in [0.05, 0.1) is 5.69 Å². The molecule has 1 fully saturated rings. The van der Waals surface area contributed by atoms with Crippen molar-refractivity contribution in [3.63, 3.8) is 0 Å². The molecule has 1 aliphatic heterocycles. The van der Waals surface area contributed by atoms with E-state index in [2.05, 4.69) is 26.9 Å². The van der Waals surface area contributed by atoms with Gasteiger partial charge < -0.3 is 4.74 Å². The molecule has 2 aromatic heterocycles. The standard InChI is InChI=1S/C16H22ClN5O/c1-3-14-13(15(17)21(2)20-14)11-22-9-5-12(6-10-22)23-16-18-7-4-8-19-16/h4,7-8,12H,3,5-6,9-11H2,1-2H3. The van der Waals surface area contributed by atoms with Crippen molar-refractivity contribution < 1.29 is 4.74 Å². The van der Waals surface area contributed by atoms with Crippen LogP contribution in [0.15, 0.2) is 18.5 Å². The summed E-state index contributed by atoms with van der Waals surface area (Å²) in [4.78, 5) is 10.7. The number of hydrogen-bond acceptors (Lipinski definition) is 5. The summed E-state index contributed by atoms with van der Waals surface area (Å²) in [6, 6.07) is 2.26. The molecule has 7 heteroatoms. The molecule has 6 nitrogen and oxygen atoms in total. The Bertz CT molecular complexity index is 637. The van der Waals surface area contributed by atoms with Crippen LogP contribution in [0.1, 0.15) is 31.0 Å². The fourth-order valence-corrected chi connectivity index (χ4v) is 3.15. The van der Waals surface area contributed by atoms with Gasteiger partial charge in [-0.2, -0.15) is 5.10 Å². The SMILES string of the molecule is CCc1nn(C)c(Cl)c1CN1CCC(Oc2ncccn2)CC1. The van der Waals surface area contributed by atoms with E-state index in [1.54, 1.807) is 23.1 Å². The molecule has 1 saturated heterocycles. The summed E-state index contributed by atoms with van der Waals surface area (Å²) < 4.78 is 7.60. The molecule has 0 saturated carbocycles. The molecule has 124 valence electrons. The molecule has 1 aliphatic rings. The van der Waals surface area contributed by atoms with Gasteiger partial charge in [0.15, 0.2) is 0 Å². The van der Waals surface area contributed by atoms with Crippen molar-refractivity contribution in [2.75, 3.05) is 13.1 Å². The highest BCUT2D eigenvalue weighted by molar-refractivity contribution is 6.30. The van der Waals surface area contributed by atoms with Gasteiger partial charge >= 0.3 is 6.01 Å². The maximum absolute atomic E-state index is 6.38. The predicted octanol–water partition coefficient (Wildman–Crippen LogP) is 2.47. The third kappa shape index (κ3) is 3.82. The predicted molar refractivity (Wildman–Crippen MR) is 88.6 cm³/mol. The molecule has 0 amide bonds. The molecule has 0 unspecified atom stereocenters. The van der Waals surface area contributed by atoms with Gasteiger partial charge in [-0.1, -0.05) is 18.5 Å². The van der Waals surface area contributed by atoms with Gasteiger partial charge in [-0.3, -0.25) is 9.58 Å². The number of hydrogen-bond donors (Lipinski definition) is 0. The lowest BCUT2D eigenvalue weighted by molar-refractivity contribution is 0.0891. The van der Waals surface area contributed by atoms with Crippen molar-refractivity contribution in [1.82, 2.24) is 24.6 Å². The van der Waals surface area contributed by atoms with E-state index in [9.17, 15) is 0 Å². The molecule has 23 heavy (non-hydrogen) atoms. The second kappa shape index (κ2) is 7.27. The summed E-state index contributed by atoms with van der Waals surface area (Å²) in [5, 5.41) is 5.23. The zero-order valence-corrected chi connectivity index (χ0v) is 14.3. The van der Waals surface area contributed by atoms with Crippen LogP contribution in [0.2, 0.25) is 5.15 Å². The second-order valence-corrected chi connectivity index (χ2v) is 6.18. The second-order valence-electron chi connectivity index (χ2n) is 5.82. The number of aromatic nitrogens is 4. The van der Waals surface area contributed by atoms with E-state index in [4.69, 9.17) is 16.3 Å². The monoisotopic (exact) mass is 335 g/mol. The highest BCUT2D eigenvalue weighted by atomic mass is 35.5. The fraction of sp³-hybridized carbons (Fsp3) is 0.562. The minimum Gasteiger partial charge on any atom is -0.460 e. The molecule has 0 bridgehead atoms. The molecule has 0 radical (unpaired) electrons. The molecular formula is C16H22ClN5O. The Balaban J connectivity index is 1.55. The largest absolute Gasteiger partial charge is 0.460 e. The summed E-state index contributed by atoms with van der Waals surface area (Å²) in [7, 11) is 1.89. The number of halogens is 1. The number of nitrogens with zero attached hydrogens (tertiary/aromatic N) is 5. The summed E-state index contributed by atoms with van der Waals surface area (Å²) in [6.45, 7) is 4.92. The minimum atomic E-state index is 0.184. The normalized spacial score (nSPS) is 16.7. The van der Waals surface area contributed by atoms with Crippen molar-refractivity contribution in [2.24, 2.45) is 7.05 Å². The maximum atomic E-state index is 6.38. The Labute approximate surface area is 141 Å². The van der Waals surface area contributed by atoms with Gasteiger partial charge in [0, 0.05) is 44.6 Å². The fourth-order valence-electron chi connectivity index (χ4n) is 2.94. The Morgan fingerprint density at radius 2 is 1.96 bits per heavy atom. The Kier molecular flexibility index (Phi) is 5.13. The van der Waals surface area contributed by atoms with E-state index < -0.39 is 0 Å². The number of ether oxygens (including phenoxy) is 1. The van der Waals surface area contributed by atoms with E-state index in [0.717, 1.165) is 55.3 Å². The lowest BCUT2D eigenvalue weighted by atomic mass is 10.1. The third-order valence-electron chi connectivity index (χ3n) is 4.22. The molecule has 0 N–H and O–H groups in total. The number of rotatable bonds is 5. The zero-order valence-electron chi connectivity index (χ0n) is 13.6. The first-order valence-electron chi connectivity index (χ1n) is 8.03. The zero-order chi connectivity index (χ0) is 16.2.